The van der Waals surface area contributed by atoms with Gasteiger partial charge < -0.3 is 9.63 Å². The summed E-state index contributed by atoms with van der Waals surface area (Å²) in [5.74, 6) is 0.156. The summed E-state index contributed by atoms with van der Waals surface area (Å²) in [5.41, 5.74) is 3.10. The maximum atomic E-state index is 10.8. The van der Waals surface area contributed by atoms with Crippen LogP contribution >= 0.6 is 0 Å². The minimum atomic E-state index is -0.927. The van der Waals surface area contributed by atoms with Crippen LogP contribution in [0.4, 0.5) is 0 Å². The summed E-state index contributed by atoms with van der Waals surface area (Å²) in [5, 5.41) is 12.8. The van der Waals surface area contributed by atoms with Crippen LogP contribution in [0.3, 0.4) is 0 Å². The van der Waals surface area contributed by atoms with E-state index in [0.717, 1.165) is 16.7 Å². The molecular weight excluding hydrogens is 268 g/mol. The van der Waals surface area contributed by atoms with Gasteiger partial charge in [0.2, 0.25) is 11.7 Å². The number of hydrogen-bond donors (Lipinski definition) is 1. The zero-order valence-corrected chi connectivity index (χ0v) is 11.3. The van der Waals surface area contributed by atoms with Gasteiger partial charge in [0.05, 0.1) is 5.56 Å². The fraction of sp³-hybridized carbons (Fsp3) is 0.0625. The van der Waals surface area contributed by atoms with Gasteiger partial charge in [-0.2, -0.15) is 4.98 Å². The maximum Gasteiger partial charge on any atom is 0.335 e. The third-order valence-corrected chi connectivity index (χ3v) is 3.14. The summed E-state index contributed by atoms with van der Waals surface area (Å²) >= 11 is 0. The van der Waals surface area contributed by atoms with Gasteiger partial charge in [-0.3, -0.25) is 0 Å². The molecule has 5 nitrogen and oxygen atoms in total. The van der Waals surface area contributed by atoms with Crippen LogP contribution in [-0.2, 0) is 0 Å². The lowest BCUT2D eigenvalue weighted by Crippen LogP contribution is -1.94. The Bertz CT molecular complexity index is 774. The minimum Gasteiger partial charge on any atom is -0.478 e. The first-order valence-corrected chi connectivity index (χ1v) is 6.38. The molecule has 5 heteroatoms. The summed E-state index contributed by atoms with van der Waals surface area (Å²) in [4.78, 5) is 15.0. The predicted molar refractivity (Wildman–Crippen MR) is 76.9 cm³/mol. The van der Waals surface area contributed by atoms with Gasteiger partial charge in [-0.05, 0) is 23.3 Å². The zero-order chi connectivity index (χ0) is 14.8. The highest BCUT2D eigenvalue weighted by Gasteiger charge is 2.07. The van der Waals surface area contributed by atoms with Crippen LogP contribution in [0.25, 0.3) is 22.5 Å². The van der Waals surface area contributed by atoms with Gasteiger partial charge in [-0.15, -0.1) is 0 Å². The fourth-order valence-corrected chi connectivity index (χ4v) is 2.03. The van der Waals surface area contributed by atoms with E-state index in [9.17, 15) is 4.79 Å². The summed E-state index contributed by atoms with van der Waals surface area (Å²) in [6.07, 6.45) is 0. The van der Waals surface area contributed by atoms with Crippen molar-refractivity contribution in [1.29, 1.82) is 0 Å². The monoisotopic (exact) mass is 280 g/mol. The molecule has 104 valence electrons. The Morgan fingerprint density at radius 3 is 1.95 bits per heavy atom. The van der Waals surface area contributed by atoms with Crippen molar-refractivity contribution >= 4 is 5.97 Å². The molecule has 0 aliphatic rings. The summed E-state index contributed by atoms with van der Waals surface area (Å²) in [7, 11) is 0. The number of rotatable bonds is 3. The number of carboxylic acid groups (broad SMARTS) is 1. The number of carboxylic acids is 1. The van der Waals surface area contributed by atoms with E-state index >= 15 is 0 Å². The van der Waals surface area contributed by atoms with Gasteiger partial charge in [0.15, 0.2) is 0 Å². The molecule has 2 aromatic carbocycles. The van der Waals surface area contributed by atoms with Crippen LogP contribution < -0.4 is 0 Å². The topological polar surface area (TPSA) is 76.2 Å². The van der Waals surface area contributed by atoms with E-state index < -0.39 is 5.97 Å². The third kappa shape index (κ3) is 2.67. The van der Waals surface area contributed by atoms with E-state index in [0.29, 0.717) is 11.7 Å². The van der Waals surface area contributed by atoms with Crippen LogP contribution in [0.2, 0.25) is 0 Å². The lowest BCUT2D eigenvalue weighted by Gasteiger charge is -2.03. The molecule has 0 saturated carbocycles. The summed E-state index contributed by atoms with van der Waals surface area (Å²) in [6, 6.07) is 14.5. The molecule has 0 aliphatic heterocycles. The lowest BCUT2D eigenvalue weighted by atomic mass is 10.0. The molecule has 0 unspecified atom stereocenters. The molecule has 0 amide bonds. The highest BCUT2D eigenvalue weighted by Crippen LogP contribution is 2.23. The SMILES string of the molecule is Cc1nc(-c2ccc(-c3ccc(C(=O)O)cc3)cc2)no1. The van der Waals surface area contributed by atoms with E-state index in [1.807, 2.05) is 24.3 Å². The van der Waals surface area contributed by atoms with Crippen molar-refractivity contribution in [3.05, 3.63) is 60.0 Å². The Labute approximate surface area is 120 Å². The van der Waals surface area contributed by atoms with Crippen LogP contribution in [0.5, 0.6) is 0 Å². The van der Waals surface area contributed by atoms with Crippen molar-refractivity contribution in [1.82, 2.24) is 10.1 Å². The van der Waals surface area contributed by atoms with Crippen molar-refractivity contribution < 1.29 is 14.4 Å². The Morgan fingerprint density at radius 1 is 0.952 bits per heavy atom. The van der Waals surface area contributed by atoms with Crippen molar-refractivity contribution in [2.24, 2.45) is 0 Å². The van der Waals surface area contributed by atoms with Gasteiger partial charge in [-0.1, -0.05) is 41.6 Å². The van der Waals surface area contributed by atoms with E-state index in [1.54, 1.807) is 31.2 Å². The van der Waals surface area contributed by atoms with E-state index in [1.165, 1.54) is 0 Å². The van der Waals surface area contributed by atoms with Crippen LogP contribution in [0.1, 0.15) is 16.2 Å². The van der Waals surface area contributed by atoms with E-state index in [2.05, 4.69) is 10.1 Å². The molecule has 1 heterocycles. The molecule has 1 aromatic heterocycles. The normalized spacial score (nSPS) is 10.5. The molecule has 3 aromatic rings. The highest BCUT2D eigenvalue weighted by molar-refractivity contribution is 5.88. The third-order valence-electron chi connectivity index (χ3n) is 3.14. The zero-order valence-electron chi connectivity index (χ0n) is 11.3. The van der Waals surface area contributed by atoms with Gasteiger partial charge in [-0.25, -0.2) is 4.79 Å². The number of benzene rings is 2. The largest absolute Gasteiger partial charge is 0.478 e. The van der Waals surface area contributed by atoms with Gasteiger partial charge >= 0.3 is 5.97 Å². The van der Waals surface area contributed by atoms with Crippen LogP contribution in [-0.4, -0.2) is 21.2 Å². The Hall–Kier alpha value is -2.95. The molecule has 21 heavy (non-hydrogen) atoms. The Kier molecular flexibility index (Phi) is 3.23. The van der Waals surface area contributed by atoms with E-state index in [4.69, 9.17) is 9.63 Å². The second-order valence-electron chi connectivity index (χ2n) is 4.60. The first kappa shape index (κ1) is 13.1. The smallest absolute Gasteiger partial charge is 0.335 e. The average molecular weight is 280 g/mol. The molecule has 0 aliphatic carbocycles. The quantitative estimate of drug-likeness (QED) is 0.795. The van der Waals surface area contributed by atoms with Crippen molar-refractivity contribution in [2.75, 3.05) is 0 Å². The van der Waals surface area contributed by atoms with E-state index in [-0.39, 0.29) is 5.56 Å². The number of aromatic carboxylic acids is 1. The molecule has 0 radical (unpaired) electrons. The molecule has 0 fully saturated rings. The van der Waals surface area contributed by atoms with Crippen molar-refractivity contribution in [3.8, 4) is 22.5 Å². The Balaban J connectivity index is 1.88. The molecule has 0 saturated heterocycles. The minimum absolute atomic E-state index is 0.276. The second-order valence-corrected chi connectivity index (χ2v) is 4.60. The average Bonchev–Trinajstić information content (AvgIpc) is 2.94. The number of carbonyl (C=O) groups is 1. The maximum absolute atomic E-state index is 10.8. The van der Waals surface area contributed by atoms with Crippen LogP contribution in [0.15, 0.2) is 53.1 Å². The number of nitrogens with zero attached hydrogens (tertiary/aromatic N) is 2. The standard InChI is InChI=1S/C16H12N2O3/c1-10-17-15(18-21-10)13-6-2-11(3-7-13)12-4-8-14(9-5-12)16(19)20/h2-9H,1H3,(H,19,20). The van der Waals surface area contributed by atoms with Crippen molar-refractivity contribution in [3.63, 3.8) is 0 Å². The Morgan fingerprint density at radius 2 is 1.48 bits per heavy atom. The predicted octanol–water partition coefficient (Wildman–Crippen LogP) is 3.41. The lowest BCUT2D eigenvalue weighted by molar-refractivity contribution is 0.0697. The number of aryl methyl sites for hydroxylation is 1. The second kappa shape index (κ2) is 5.20. The van der Waals surface area contributed by atoms with Gasteiger partial charge in [0.25, 0.3) is 0 Å². The molecule has 0 atom stereocenters. The number of aromatic nitrogens is 2. The van der Waals surface area contributed by atoms with Gasteiger partial charge in [0.1, 0.15) is 0 Å². The van der Waals surface area contributed by atoms with Crippen molar-refractivity contribution in [2.45, 2.75) is 6.92 Å². The highest BCUT2D eigenvalue weighted by atomic mass is 16.5. The molecule has 0 bridgehead atoms. The summed E-state index contributed by atoms with van der Waals surface area (Å²) in [6.45, 7) is 1.74. The fourth-order valence-electron chi connectivity index (χ4n) is 2.03. The molecular formula is C16H12N2O3. The summed E-state index contributed by atoms with van der Waals surface area (Å²) < 4.78 is 4.95. The molecule has 1 N–H and O–H groups in total. The molecule has 0 spiro atoms. The van der Waals surface area contributed by atoms with Crippen LogP contribution in [0, 0.1) is 6.92 Å². The van der Waals surface area contributed by atoms with Gasteiger partial charge in [0, 0.05) is 12.5 Å². The number of hydrogen-bond acceptors (Lipinski definition) is 4. The molecule has 3 rings (SSSR count). The first-order chi connectivity index (χ1) is 10.1. The first-order valence-electron chi connectivity index (χ1n) is 6.38.